The smallest absolute Gasteiger partial charge is 0.378 e. The van der Waals surface area contributed by atoms with Crippen LogP contribution in [0.25, 0.3) is 11.3 Å². The van der Waals surface area contributed by atoms with Crippen LogP contribution in [0.4, 0.5) is 18.9 Å². The maximum absolute atomic E-state index is 13.3. The van der Waals surface area contributed by atoms with Gasteiger partial charge in [-0.1, -0.05) is 6.07 Å². The molecule has 1 saturated heterocycles. The maximum atomic E-state index is 13.3. The summed E-state index contributed by atoms with van der Waals surface area (Å²) in [6.45, 7) is 1.84. The SMILES string of the molecule is FC(F)(F)c1cc(-c2cscn2)ccc1N1CCOCC1. The van der Waals surface area contributed by atoms with Crippen LogP contribution in [0.1, 0.15) is 5.56 Å². The minimum atomic E-state index is -4.39. The molecule has 1 aliphatic heterocycles. The number of hydrogen-bond acceptors (Lipinski definition) is 4. The molecule has 2 aromatic rings. The van der Waals surface area contributed by atoms with Crippen molar-refractivity contribution >= 4 is 17.0 Å². The van der Waals surface area contributed by atoms with Crippen LogP contribution < -0.4 is 4.90 Å². The predicted octanol–water partition coefficient (Wildman–Crippen LogP) is 3.67. The first-order chi connectivity index (χ1) is 10.1. The van der Waals surface area contributed by atoms with Crippen molar-refractivity contribution in [2.45, 2.75) is 6.18 Å². The number of thiazole rings is 1. The fourth-order valence-corrected chi connectivity index (χ4v) is 2.92. The van der Waals surface area contributed by atoms with Gasteiger partial charge in [0.25, 0.3) is 0 Å². The van der Waals surface area contributed by atoms with Crippen molar-refractivity contribution in [1.29, 1.82) is 0 Å². The summed E-state index contributed by atoms with van der Waals surface area (Å²) in [5.41, 5.74) is 2.26. The Morgan fingerprint density at radius 1 is 1.19 bits per heavy atom. The summed E-state index contributed by atoms with van der Waals surface area (Å²) in [6, 6.07) is 4.40. The molecule has 0 spiro atoms. The molecule has 21 heavy (non-hydrogen) atoms. The first kappa shape index (κ1) is 14.3. The van der Waals surface area contributed by atoms with E-state index in [0.29, 0.717) is 37.6 Å². The van der Waals surface area contributed by atoms with Crippen LogP contribution >= 0.6 is 11.3 Å². The minimum absolute atomic E-state index is 0.213. The first-order valence-corrected chi connectivity index (χ1v) is 7.42. The lowest BCUT2D eigenvalue weighted by Crippen LogP contribution is -2.37. The third kappa shape index (κ3) is 3.03. The highest BCUT2D eigenvalue weighted by atomic mass is 32.1. The van der Waals surface area contributed by atoms with E-state index in [1.54, 1.807) is 21.9 Å². The monoisotopic (exact) mass is 314 g/mol. The molecule has 1 aromatic carbocycles. The van der Waals surface area contributed by atoms with Gasteiger partial charge in [-0.3, -0.25) is 0 Å². The van der Waals surface area contributed by atoms with Gasteiger partial charge in [-0.2, -0.15) is 13.2 Å². The zero-order valence-corrected chi connectivity index (χ0v) is 11.9. The first-order valence-electron chi connectivity index (χ1n) is 6.48. The van der Waals surface area contributed by atoms with E-state index < -0.39 is 11.7 Å². The standard InChI is InChI=1S/C14H13F3N2OS/c15-14(16,17)11-7-10(12-8-21-9-18-12)1-2-13(11)19-3-5-20-6-4-19/h1-2,7-9H,3-6H2. The zero-order valence-electron chi connectivity index (χ0n) is 11.1. The van der Waals surface area contributed by atoms with Crippen LogP contribution in [-0.4, -0.2) is 31.3 Å². The Kier molecular flexibility index (Phi) is 3.86. The van der Waals surface area contributed by atoms with E-state index in [-0.39, 0.29) is 5.69 Å². The maximum Gasteiger partial charge on any atom is 0.418 e. The highest BCUT2D eigenvalue weighted by molar-refractivity contribution is 7.07. The number of hydrogen-bond donors (Lipinski definition) is 0. The molecule has 3 rings (SSSR count). The summed E-state index contributed by atoms with van der Waals surface area (Å²) < 4.78 is 45.2. The summed E-state index contributed by atoms with van der Waals surface area (Å²) in [5.74, 6) is 0. The molecule has 0 saturated carbocycles. The molecule has 0 aliphatic carbocycles. The number of benzene rings is 1. The lowest BCUT2D eigenvalue weighted by atomic mass is 10.0. The van der Waals surface area contributed by atoms with Gasteiger partial charge in [0.05, 0.1) is 30.0 Å². The molecule has 1 aromatic heterocycles. The van der Waals surface area contributed by atoms with Crippen molar-refractivity contribution in [1.82, 2.24) is 4.98 Å². The average molecular weight is 314 g/mol. The molecule has 1 fully saturated rings. The van der Waals surface area contributed by atoms with E-state index in [4.69, 9.17) is 4.74 Å². The molecule has 0 unspecified atom stereocenters. The Balaban J connectivity index is 2.03. The Morgan fingerprint density at radius 2 is 1.95 bits per heavy atom. The van der Waals surface area contributed by atoms with Crippen molar-refractivity contribution < 1.29 is 17.9 Å². The number of alkyl halides is 3. The van der Waals surface area contributed by atoms with E-state index in [0.717, 1.165) is 0 Å². The molecule has 112 valence electrons. The van der Waals surface area contributed by atoms with Gasteiger partial charge in [-0.15, -0.1) is 11.3 Å². The molecular formula is C14H13F3N2OS. The van der Waals surface area contributed by atoms with Gasteiger partial charge in [-0.25, -0.2) is 4.98 Å². The van der Waals surface area contributed by atoms with Gasteiger partial charge >= 0.3 is 6.18 Å². The van der Waals surface area contributed by atoms with Crippen molar-refractivity contribution in [3.63, 3.8) is 0 Å². The quantitative estimate of drug-likeness (QED) is 0.846. The Hall–Kier alpha value is -1.60. The van der Waals surface area contributed by atoms with E-state index in [9.17, 15) is 13.2 Å². The van der Waals surface area contributed by atoms with E-state index in [2.05, 4.69) is 4.98 Å². The number of aromatic nitrogens is 1. The highest BCUT2D eigenvalue weighted by Crippen LogP contribution is 2.39. The molecule has 0 bridgehead atoms. The van der Waals surface area contributed by atoms with Gasteiger partial charge in [0.2, 0.25) is 0 Å². The molecule has 0 amide bonds. The molecule has 3 nitrogen and oxygen atoms in total. The van der Waals surface area contributed by atoms with Gasteiger partial charge in [0, 0.05) is 29.7 Å². The molecule has 7 heteroatoms. The summed E-state index contributed by atoms with van der Waals surface area (Å²) >= 11 is 1.36. The second-order valence-corrected chi connectivity index (χ2v) is 5.42. The van der Waals surface area contributed by atoms with Crippen molar-refractivity contribution in [2.24, 2.45) is 0 Å². The van der Waals surface area contributed by atoms with Gasteiger partial charge in [0.1, 0.15) is 0 Å². The largest absolute Gasteiger partial charge is 0.418 e. The number of morpholine rings is 1. The minimum Gasteiger partial charge on any atom is -0.378 e. The van der Waals surface area contributed by atoms with E-state index in [1.807, 2.05) is 0 Å². The molecule has 0 radical (unpaired) electrons. The Bertz CT molecular complexity index is 607. The van der Waals surface area contributed by atoms with Crippen molar-refractivity contribution in [3.05, 3.63) is 34.7 Å². The van der Waals surface area contributed by atoms with Gasteiger partial charge in [0.15, 0.2) is 0 Å². The predicted molar refractivity (Wildman–Crippen MR) is 75.6 cm³/mol. The molecule has 0 atom stereocenters. The Labute approximate surface area is 124 Å². The van der Waals surface area contributed by atoms with Crippen molar-refractivity contribution in [3.8, 4) is 11.3 Å². The molecular weight excluding hydrogens is 301 g/mol. The Morgan fingerprint density at radius 3 is 2.57 bits per heavy atom. The van der Waals surface area contributed by atoms with Gasteiger partial charge in [-0.05, 0) is 12.1 Å². The normalized spacial score (nSPS) is 16.2. The summed E-state index contributed by atoms with van der Waals surface area (Å²) in [4.78, 5) is 5.79. The summed E-state index contributed by atoms with van der Waals surface area (Å²) in [7, 11) is 0. The molecule has 1 aliphatic rings. The zero-order chi connectivity index (χ0) is 14.9. The number of ether oxygens (including phenoxy) is 1. The fraction of sp³-hybridized carbons (Fsp3) is 0.357. The number of rotatable bonds is 2. The second-order valence-electron chi connectivity index (χ2n) is 4.70. The molecule has 2 heterocycles. The number of anilines is 1. The van der Waals surface area contributed by atoms with Gasteiger partial charge < -0.3 is 9.64 Å². The van der Waals surface area contributed by atoms with Crippen LogP contribution in [0.15, 0.2) is 29.1 Å². The van der Waals surface area contributed by atoms with Crippen LogP contribution in [0, 0.1) is 0 Å². The molecule has 0 N–H and O–H groups in total. The lowest BCUT2D eigenvalue weighted by molar-refractivity contribution is -0.137. The lowest BCUT2D eigenvalue weighted by Gasteiger charge is -2.31. The summed E-state index contributed by atoms with van der Waals surface area (Å²) in [5, 5.41) is 1.74. The van der Waals surface area contributed by atoms with Crippen LogP contribution in [0.3, 0.4) is 0 Å². The van der Waals surface area contributed by atoms with Crippen LogP contribution in [0.5, 0.6) is 0 Å². The van der Waals surface area contributed by atoms with E-state index in [1.165, 1.54) is 23.5 Å². The van der Waals surface area contributed by atoms with Crippen molar-refractivity contribution in [2.75, 3.05) is 31.2 Å². The van der Waals surface area contributed by atoms with Crippen LogP contribution in [-0.2, 0) is 10.9 Å². The fourth-order valence-electron chi connectivity index (χ4n) is 2.36. The third-order valence-corrected chi connectivity index (χ3v) is 3.97. The summed E-state index contributed by atoms with van der Waals surface area (Å²) in [6.07, 6.45) is -4.39. The topological polar surface area (TPSA) is 25.4 Å². The van der Waals surface area contributed by atoms with Crippen LogP contribution in [0.2, 0.25) is 0 Å². The highest BCUT2D eigenvalue weighted by Gasteiger charge is 2.35. The third-order valence-electron chi connectivity index (χ3n) is 3.38. The number of halogens is 3. The average Bonchev–Trinajstić information content (AvgIpc) is 3.01. The van der Waals surface area contributed by atoms with E-state index >= 15 is 0 Å². The second kappa shape index (κ2) is 5.65. The number of nitrogens with zero attached hydrogens (tertiary/aromatic N) is 2.